The molecule has 1 saturated carbocycles. The first kappa shape index (κ1) is 30.3. The lowest BCUT2D eigenvalue weighted by Gasteiger charge is -2.36. The van der Waals surface area contributed by atoms with Gasteiger partial charge in [0.1, 0.15) is 23.3 Å². The lowest BCUT2D eigenvalue weighted by Crippen LogP contribution is -2.49. The summed E-state index contributed by atoms with van der Waals surface area (Å²) in [6.07, 6.45) is 10.3. The fraction of sp³-hybridized carbons (Fsp3) is 0.257. The molecule has 1 aliphatic rings. The second-order valence-corrected chi connectivity index (χ2v) is 11.4. The van der Waals surface area contributed by atoms with E-state index in [1.807, 2.05) is 86.0 Å². The molecule has 5 aromatic rings. The number of hydrogen-bond acceptors (Lipinski definition) is 8. The fourth-order valence-corrected chi connectivity index (χ4v) is 5.70. The van der Waals surface area contributed by atoms with Gasteiger partial charge in [-0.05, 0) is 48.9 Å². The molecule has 46 heavy (non-hydrogen) atoms. The Bertz CT molecular complexity index is 1780. The van der Waals surface area contributed by atoms with E-state index in [-0.39, 0.29) is 18.1 Å². The monoisotopic (exact) mass is 612 g/mol. The third-order valence-electron chi connectivity index (χ3n) is 8.15. The number of benzene rings is 2. The second kappa shape index (κ2) is 14.3. The number of urea groups is 1. The summed E-state index contributed by atoms with van der Waals surface area (Å²) in [5.41, 5.74) is 4.43. The van der Waals surface area contributed by atoms with E-state index in [1.54, 1.807) is 28.2 Å². The van der Waals surface area contributed by atoms with Crippen LogP contribution in [0.25, 0.3) is 11.1 Å². The van der Waals surface area contributed by atoms with Gasteiger partial charge in [0.25, 0.3) is 0 Å². The van der Waals surface area contributed by atoms with Crippen LogP contribution in [0.3, 0.4) is 0 Å². The Labute approximate surface area is 268 Å². The first-order valence-electron chi connectivity index (χ1n) is 15.4. The maximum atomic E-state index is 13.7. The van der Waals surface area contributed by atoms with Crippen molar-refractivity contribution in [2.75, 3.05) is 15.5 Å². The van der Waals surface area contributed by atoms with Crippen LogP contribution < -0.4 is 20.9 Å². The Kier molecular flexibility index (Phi) is 9.44. The maximum Gasteiger partial charge on any atom is 0.323 e. The Hall–Kier alpha value is -5.76. The van der Waals surface area contributed by atoms with Crippen molar-refractivity contribution in [3.63, 3.8) is 0 Å². The molecular weight excluding hydrogens is 576 g/mol. The topological polar surface area (TPSA) is 137 Å². The predicted octanol–water partition coefficient (Wildman–Crippen LogP) is 5.90. The number of aromatic nitrogens is 5. The number of hydrogen-bond donors (Lipinski definition) is 3. The number of carbonyl (C=O) groups is 1. The van der Waals surface area contributed by atoms with E-state index >= 15 is 0 Å². The largest absolute Gasteiger partial charge is 0.365 e. The third kappa shape index (κ3) is 7.47. The summed E-state index contributed by atoms with van der Waals surface area (Å²) in [4.78, 5) is 29.3. The van der Waals surface area contributed by atoms with Crippen molar-refractivity contribution in [3.05, 3.63) is 114 Å². The Balaban J connectivity index is 1.13. The molecule has 0 saturated heterocycles. The van der Waals surface area contributed by atoms with E-state index in [0.29, 0.717) is 36.2 Å². The van der Waals surface area contributed by atoms with Gasteiger partial charge in [-0.2, -0.15) is 15.3 Å². The zero-order valence-corrected chi connectivity index (χ0v) is 25.7. The molecule has 1 aliphatic carbocycles. The molecule has 11 nitrogen and oxygen atoms in total. The van der Waals surface area contributed by atoms with Gasteiger partial charge < -0.3 is 16.0 Å². The lowest BCUT2D eigenvalue weighted by atomic mass is 9.90. The number of nitrogens with zero attached hydrogens (tertiary/aromatic N) is 7. The minimum Gasteiger partial charge on any atom is -0.365 e. The van der Waals surface area contributed by atoms with Crippen molar-refractivity contribution in [1.29, 1.82) is 5.26 Å². The molecule has 0 spiro atoms. The first-order chi connectivity index (χ1) is 22.6. The average Bonchev–Trinajstić information content (AvgIpc) is 3.54. The normalized spacial score (nSPS) is 15.8. The van der Waals surface area contributed by atoms with Gasteiger partial charge in [0.2, 0.25) is 5.95 Å². The first-order valence-corrected chi connectivity index (χ1v) is 15.4. The zero-order chi connectivity index (χ0) is 31.7. The van der Waals surface area contributed by atoms with Crippen molar-refractivity contribution in [3.8, 4) is 17.2 Å². The van der Waals surface area contributed by atoms with Gasteiger partial charge >= 0.3 is 6.03 Å². The standard InChI is InChI=1S/C35H36N10O/c1-44-24-29(23-41-44)27-12-17-32(37-21-27)45(35(46)40-20-26-10-6-3-7-11-26)31-15-13-30(14-16-31)42-34-39-22-28(18-36)33(43-34)38-19-25-8-4-2-5-9-25/h2-12,17,21-24,30-31H,13-16,19-20H2,1H3,(H,40,46)(H2,38,39,42,43). The number of nitrogens with one attached hydrogen (secondary N) is 3. The number of anilines is 3. The van der Waals surface area contributed by atoms with Gasteiger partial charge in [-0.25, -0.2) is 14.8 Å². The highest BCUT2D eigenvalue weighted by molar-refractivity contribution is 5.91. The summed E-state index contributed by atoms with van der Waals surface area (Å²) >= 11 is 0. The summed E-state index contributed by atoms with van der Waals surface area (Å²) in [7, 11) is 1.88. The minimum absolute atomic E-state index is 0.0319. The van der Waals surface area contributed by atoms with Crippen LogP contribution in [0.15, 0.2) is 97.6 Å². The highest BCUT2D eigenvalue weighted by Gasteiger charge is 2.31. The average molecular weight is 613 g/mol. The lowest BCUT2D eigenvalue weighted by molar-refractivity contribution is 0.240. The summed E-state index contributed by atoms with van der Waals surface area (Å²) in [6.45, 7) is 0.980. The van der Waals surface area contributed by atoms with E-state index in [4.69, 9.17) is 4.98 Å². The molecule has 6 rings (SSSR count). The summed E-state index contributed by atoms with van der Waals surface area (Å²) in [5, 5.41) is 23.7. The van der Waals surface area contributed by atoms with Crippen LogP contribution in [0.2, 0.25) is 0 Å². The maximum absolute atomic E-state index is 13.7. The van der Waals surface area contributed by atoms with Crippen molar-refractivity contribution >= 4 is 23.6 Å². The molecule has 232 valence electrons. The molecule has 2 aromatic carbocycles. The second-order valence-electron chi connectivity index (χ2n) is 11.4. The molecule has 3 N–H and O–H groups in total. The molecule has 2 amide bonds. The third-order valence-corrected chi connectivity index (χ3v) is 8.15. The number of rotatable bonds is 10. The van der Waals surface area contributed by atoms with Crippen LogP contribution in [0.4, 0.5) is 22.4 Å². The Morgan fingerprint density at radius 2 is 1.61 bits per heavy atom. The van der Waals surface area contributed by atoms with E-state index in [2.05, 4.69) is 37.1 Å². The van der Waals surface area contributed by atoms with E-state index in [0.717, 1.165) is 47.9 Å². The van der Waals surface area contributed by atoms with E-state index in [1.165, 1.54) is 0 Å². The molecule has 0 radical (unpaired) electrons. The van der Waals surface area contributed by atoms with Crippen LogP contribution >= 0.6 is 0 Å². The number of carbonyl (C=O) groups excluding carboxylic acids is 1. The quantitative estimate of drug-likeness (QED) is 0.177. The molecule has 3 aromatic heterocycles. The minimum atomic E-state index is -0.175. The smallest absolute Gasteiger partial charge is 0.323 e. The summed E-state index contributed by atoms with van der Waals surface area (Å²) in [5.74, 6) is 1.59. The summed E-state index contributed by atoms with van der Waals surface area (Å²) in [6, 6.07) is 25.8. The highest BCUT2D eigenvalue weighted by Crippen LogP contribution is 2.30. The number of aryl methyl sites for hydroxylation is 1. The van der Waals surface area contributed by atoms with Crippen molar-refractivity contribution < 1.29 is 4.79 Å². The molecular formula is C35H36N10O. The molecule has 0 atom stereocenters. The molecule has 0 aliphatic heterocycles. The summed E-state index contributed by atoms with van der Waals surface area (Å²) < 4.78 is 1.75. The van der Waals surface area contributed by atoms with Crippen LogP contribution in [0.5, 0.6) is 0 Å². The molecule has 0 unspecified atom stereocenters. The van der Waals surface area contributed by atoms with Crippen LogP contribution in [0.1, 0.15) is 42.4 Å². The van der Waals surface area contributed by atoms with Gasteiger partial charge in [-0.1, -0.05) is 60.7 Å². The molecule has 3 heterocycles. The molecule has 11 heteroatoms. The van der Waals surface area contributed by atoms with Crippen molar-refractivity contribution in [2.24, 2.45) is 7.05 Å². The fourth-order valence-electron chi connectivity index (χ4n) is 5.70. The van der Waals surface area contributed by atoms with Gasteiger partial charge in [0.05, 0.1) is 12.4 Å². The van der Waals surface area contributed by atoms with Crippen LogP contribution in [0, 0.1) is 11.3 Å². The number of nitriles is 1. The number of pyridine rings is 1. The zero-order valence-electron chi connectivity index (χ0n) is 25.7. The molecule has 1 fully saturated rings. The molecule has 0 bridgehead atoms. The predicted molar refractivity (Wildman–Crippen MR) is 178 cm³/mol. The SMILES string of the molecule is Cn1cc(-c2ccc(N(C(=O)NCc3ccccc3)C3CCC(Nc4ncc(C#N)c(NCc5ccccc5)n4)CC3)nc2)cn1. The van der Waals surface area contributed by atoms with E-state index in [9.17, 15) is 10.1 Å². The Morgan fingerprint density at radius 3 is 2.24 bits per heavy atom. The van der Waals surface area contributed by atoms with Gasteiger partial charge in [-0.3, -0.25) is 9.58 Å². The van der Waals surface area contributed by atoms with Crippen LogP contribution in [-0.2, 0) is 20.1 Å². The van der Waals surface area contributed by atoms with Crippen molar-refractivity contribution in [2.45, 2.75) is 50.9 Å². The van der Waals surface area contributed by atoms with Crippen molar-refractivity contribution in [1.82, 2.24) is 30.0 Å². The highest BCUT2D eigenvalue weighted by atomic mass is 16.2. The van der Waals surface area contributed by atoms with E-state index < -0.39 is 0 Å². The van der Waals surface area contributed by atoms with Crippen LogP contribution in [-0.4, -0.2) is 42.8 Å². The van der Waals surface area contributed by atoms with Gasteiger partial charge in [0.15, 0.2) is 0 Å². The van der Waals surface area contributed by atoms with Gasteiger partial charge in [-0.15, -0.1) is 0 Å². The Morgan fingerprint density at radius 1 is 0.891 bits per heavy atom. The number of amides is 2. The van der Waals surface area contributed by atoms with Gasteiger partial charge in [0, 0.05) is 55.7 Å².